The molecule has 2 aromatic rings. The maximum Gasteiger partial charge on any atom is 0.418 e. The lowest BCUT2D eigenvalue weighted by Gasteiger charge is -2.24. The first-order valence-electron chi connectivity index (χ1n) is 7.96. The summed E-state index contributed by atoms with van der Waals surface area (Å²) in [5.41, 5.74) is -1.61. The molecule has 0 unspecified atom stereocenters. The standard InChI is InChI=1S/C18H13ClF3NO5/c19-10-5-6-12(11(7-10)18(20,21)22)23-16(24)9-27-17(25)15-8-26-13-3-1-2-4-14(13)28-15/h1-7,15H,8-9H2,(H,23,24)/t15-/m1/s1. The average Bonchev–Trinajstić information content (AvgIpc) is 2.66. The maximum absolute atomic E-state index is 13.0. The summed E-state index contributed by atoms with van der Waals surface area (Å²) in [7, 11) is 0. The molecule has 0 saturated carbocycles. The second-order valence-corrected chi connectivity index (χ2v) is 6.14. The van der Waals surface area contributed by atoms with Gasteiger partial charge in [-0.2, -0.15) is 13.2 Å². The van der Waals surface area contributed by atoms with E-state index in [2.05, 4.69) is 5.32 Å². The lowest BCUT2D eigenvalue weighted by Crippen LogP contribution is -2.39. The highest BCUT2D eigenvalue weighted by molar-refractivity contribution is 6.30. The van der Waals surface area contributed by atoms with Gasteiger partial charge in [-0.25, -0.2) is 4.79 Å². The van der Waals surface area contributed by atoms with Crippen LogP contribution in [0, 0.1) is 0 Å². The normalized spacial score (nSPS) is 15.6. The minimum atomic E-state index is -4.72. The molecular formula is C18H13ClF3NO5. The first kappa shape index (κ1) is 19.8. The molecule has 3 rings (SSSR count). The van der Waals surface area contributed by atoms with Gasteiger partial charge in [0.25, 0.3) is 5.91 Å². The number of halogens is 4. The predicted octanol–water partition coefficient (Wildman–Crippen LogP) is 3.68. The minimum Gasteiger partial charge on any atom is -0.485 e. The van der Waals surface area contributed by atoms with Crippen LogP contribution in [0.4, 0.5) is 18.9 Å². The molecule has 1 atom stereocenters. The summed E-state index contributed by atoms with van der Waals surface area (Å²) < 4.78 is 54.7. The fourth-order valence-electron chi connectivity index (χ4n) is 2.41. The zero-order chi connectivity index (χ0) is 20.3. The number of rotatable bonds is 4. The molecule has 1 aliphatic rings. The van der Waals surface area contributed by atoms with Gasteiger partial charge < -0.3 is 19.5 Å². The molecule has 6 nitrogen and oxygen atoms in total. The highest BCUT2D eigenvalue weighted by Crippen LogP contribution is 2.36. The zero-order valence-corrected chi connectivity index (χ0v) is 14.8. The molecule has 0 bridgehead atoms. The van der Waals surface area contributed by atoms with Gasteiger partial charge in [-0.1, -0.05) is 23.7 Å². The topological polar surface area (TPSA) is 73.9 Å². The number of fused-ring (bicyclic) bond motifs is 1. The number of hydrogen-bond donors (Lipinski definition) is 1. The van der Waals surface area contributed by atoms with Crippen molar-refractivity contribution in [2.45, 2.75) is 12.3 Å². The maximum atomic E-state index is 13.0. The number of hydrogen-bond acceptors (Lipinski definition) is 5. The Balaban J connectivity index is 1.57. The first-order valence-corrected chi connectivity index (χ1v) is 8.33. The molecule has 1 N–H and O–H groups in total. The highest BCUT2D eigenvalue weighted by Gasteiger charge is 2.34. The predicted molar refractivity (Wildman–Crippen MR) is 92.4 cm³/mol. The molecule has 0 fully saturated rings. The van der Waals surface area contributed by atoms with Crippen molar-refractivity contribution >= 4 is 29.2 Å². The Morgan fingerprint density at radius 3 is 2.61 bits per heavy atom. The van der Waals surface area contributed by atoms with Crippen LogP contribution in [0.1, 0.15) is 5.56 Å². The van der Waals surface area contributed by atoms with E-state index in [0.717, 1.165) is 6.07 Å². The van der Waals surface area contributed by atoms with Crippen molar-refractivity contribution in [2.24, 2.45) is 0 Å². The van der Waals surface area contributed by atoms with Gasteiger partial charge in [0.2, 0.25) is 6.10 Å². The average molecular weight is 416 g/mol. The van der Waals surface area contributed by atoms with Gasteiger partial charge in [0.05, 0.1) is 11.3 Å². The van der Waals surface area contributed by atoms with Crippen LogP contribution in [0.25, 0.3) is 0 Å². The molecule has 0 aromatic heterocycles. The van der Waals surface area contributed by atoms with E-state index < -0.39 is 42.0 Å². The van der Waals surface area contributed by atoms with Crippen molar-refractivity contribution in [3.63, 3.8) is 0 Å². The Labute approximate surface area is 162 Å². The van der Waals surface area contributed by atoms with E-state index in [1.807, 2.05) is 0 Å². The zero-order valence-electron chi connectivity index (χ0n) is 14.1. The monoisotopic (exact) mass is 415 g/mol. The Morgan fingerprint density at radius 2 is 1.89 bits per heavy atom. The van der Waals surface area contributed by atoms with Gasteiger partial charge in [-0.15, -0.1) is 0 Å². The Bertz CT molecular complexity index is 903. The Hall–Kier alpha value is -2.94. The van der Waals surface area contributed by atoms with Crippen molar-refractivity contribution in [1.82, 2.24) is 0 Å². The van der Waals surface area contributed by atoms with E-state index in [0.29, 0.717) is 17.6 Å². The second-order valence-electron chi connectivity index (χ2n) is 5.71. The number of anilines is 1. The number of para-hydroxylation sites is 2. The summed E-state index contributed by atoms with van der Waals surface area (Å²) in [5, 5.41) is 1.92. The fraction of sp³-hybridized carbons (Fsp3) is 0.222. The fourth-order valence-corrected chi connectivity index (χ4v) is 2.58. The van der Waals surface area contributed by atoms with Crippen LogP contribution in [0.15, 0.2) is 42.5 Å². The minimum absolute atomic E-state index is 0.118. The third-order valence-corrected chi connectivity index (χ3v) is 3.91. The van der Waals surface area contributed by atoms with E-state index in [-0.39, 0.29) is 11.6 Å². The second kappa shape index (κ2) is 7.97. The molecule has 0 aliphatic carbocycles. The Morgan fingerprint density at radius 1 is 1.18 bits per heavy atom. The Kier molecular flexibility index (Phi) is 5.64. The molecule has 10 heteroatoms. The molecule has 1 heterocycles. The van der Waals surface area contributed by atoms with Gasteiger partial charge in [0.1, 0.15) is 6.61 Å². The smallest absolute Gasteiger partial charge is 0.418 e. The van der Waals surface area contributed by atoms with Crippen LogP contribution in [0.5, 0.6) is 11.5 Å². The quantitative estimate of drug-likeness (QED) is 0.771. The summed E-state index contributed by atoms with van der Waals surface area (Å²) in [6.07, 6.45) is -5.81. The van der Waals surface area contributed by atoms with E-state index in [1.54, 1.807) is 24.3 Å². The summed E-state index contributed by atoms with van der Waals surface area (Å²) in [5.74, 6) is -1.02. The number of alkyl halides is 3. The van der Waals surface area contributed by atoms with Crippen molar-refractivity contribution in [3.8, 4) is 11.5 Å². The van der Waals surface area contributed by atoms with Crippen LogP contribution < -0.4 is 14.8 Å². The van der Waals surface area contributed by atoms with E-state index in [9.17, 15) is 22.8 Å². The van der Waals surface area contributed by atoms with Crippen molar-refractivity contribution in [3.05, 3.63) is 53.1 Å². The molecular weight excluding hydrogens is 403 g/mol. The van der Waals surface area contributed by atoms with Crippen LogP contribution >= 0.6 is 11.6 Å². The number of esters is 1. The first-order chi connectivity index (χ1) is 13.2. The van der Waals surface area contributed by atoms with Gasteiger partial charge in [-0.3, -0.25) is 4.79 Å². The highest BCUT2D eigenvalue weighted by atomic mass is 35.5. The summed E-state index contributed by atoms with van der Waals surface area (Å²) >= 11 is 5.58. The van der Waals surface area contributed by atoms with Crippen LogP contribution in [-0.4, -0.2) is 31.2 Å². The largest absolute Gasteiger partial charge is 0.485 e. The number of benzene rings is 2. The number of nitrogens with one attached hydrogen (secondary N) is 1. The summed E-state index contributed by atoms with van der Waals surface area (Å²) in [6, 6.07) is 9.58. The lowest BCUT2D eigenvalue weighted by molar-refractivity contribution is -0.156. The molecule has 28 heavy (non-hydrogen) atoms. The van der Waals surface area contributed by atoms with Crippen LogP contribution in [0.3, 0.4) is 0 Å². The van der Waals surface area contributed by atoms with Gasteiger partial charge in [0.15, 0.2) is 18.1 Å². The van der Waals surface area contributed by atoms with Gasteiger partial charge in [-0.05, 0) is 30.3 Å². The van der Waals surface area contributed by atoms with Crippen molar-refractivity contribution in [2.75, 3.05) is 18.5 Å². The lowest BCUT2D eigenvalue weighted by atomic mass is 10.1. The number of amides is 1. The molecule has 0 spiro atoms. The number of ether oxygens (including phenoxy) is 3. The molecule has 2 aromatic carbocycles. The number of carbonyl (C=O) groups excluding carboxylic acids is 2. The molecule has 0 saturated heterocycles. The van der Waals surface area contributed by atoms with E-state index >= 15 is 0 Å². The molecule has 148 valence electrons. The van der Waals surface area contributed by atoms with E-state index in [4.69, 9.17) is 25.8 Å². The van der Waals surface area contributed by atoms with E-state index in [1.165, 1.54) is 6.07 Å². The summed E-state index contributed by atoms with van der Waals surface area (Å²) in [4.78, 5) is 23.9. The SMILES string of the molecule is O=C(COC(=O)[C@H]1COc2ccccc2O1)Nc1ccc(Cl)cc1C(F)(F)F. The molecule has 1 amide bonds. The van der Waals surface area contributed by atoms with Crippen LogP contribution in [0.2, 0.25) is 5.02 Å². The molecule has 0 radical (unpaired) electrons. The molecule has 1 aliphatic heterocycles. The third-order valence-electron chi connectivity index (χ3n) is 3.68. The summed E-state index contributed by atoms with van der Waals surface area (Å²) in [6.45, 7) is -0.910. The van der Waals surface area contributed by atoms with Crippen molar-refractivity contribution < 1.29 is 37.0 Å². The van der Waals surface area contributed by atoms with Gasteiger partial charge in [0, 0.05) is 5.02 Å². The number of carbonyl (C=O) groups is 2. The van der Waals surface area contributed by atoms with Crippen LogP contribution in [-0.2, 0) is 20.5 Å². The third kappa shape index (κ3) is 4.66. The van der Waals surface area contributed by atoms with Crippen molar-refractivity contribution in [1.29, 1.82) is 0 Å². The van der Waals surface area contributed by atoms with Gasteiger partial charge >= 0.3 is 12.1 Å².